The zero-order valence-corrected chi connectivity index (χ0v) is 13.7. The molecule has 0 heterocycles. The molecule has 2 aromatic carbocycles. The van der Waals surface area contributed by atoms with Crippen molar-refractivity contribution >= 4 is 23.0 Å². The van der Waals surface area contributed by atoms with Gasteiger partial charge in [-0.25, -0.2) is 0 Å². The van der Waals surface area contributed by atoms with Crippen LogP contribution in [0.3, 0.4) is 0 Å². The second-order valence-electron chi connectivity index (χ2n) is 5.06. The van der Waals surface area contributed by atoms with Gasteiger partial charge in [0.2, 0.25) is 0 Å². The highest BCUT2D eigenvalue weighted by Crippen LogP contribution is 2.36. The van der Waals surface area contributed by atoms with Gasteiger partial charge in [-0.2, -0.15) is 0 Å². The van der Waals surface area contributed by atoms with Crippen molar-refractivity contribution in [2.45, 2.75) is 27.3 Å². The molecule has 0 atom stereocenters. The van der Waals surface area contributed by atoms with E-state index in [0.29, 0.717) is 0 Å². The summed E-state index contributed by atoms with van der Waals surface area (Å²) < 4.78 is 0. The minimum atomic E-state index is 0.801. The molecule has 1 N–H and O–H groups in total. The molecule has 0 aliphatic rings. The molecule has 0 bridgehead atoms. The van der Waals surface area contributed by atoms with Crippen molar-refractivity contribution in [2.24, 2.45) is 0 Å². The van der Waals surface area contributed by atoms with E-state index in [9.17, 15) is 0 Å². The van der Waals surface area contributed by atoms with E-state index in [1.54, 1.807) is 0 Å². The van der Waals surface area contributed by atoms with E-state index in [1.807, 2.05) is 12.1 Å². The summed E-state index contributed by atoms with van der Waals surface area (Å²) in [6.45, 7) is 9.07. The van der Waals surface area contributed by atoms with Crippen LogP contribution in [0.25, 0.3) is 0 Å². The number of halogens is 1. The quantitative estimate of drug-likeness (QED) is 0.815. The molecule has 0 saturated heterocycles. The fourth-order valence-electron chi connectivity index (χ4n) is 2.58. The molecule has 3 heteroatoms. The minimum Gasteiger partial charge on any atom is -0.340 e. The van der Waals surface area contributed by atoms with Crippen LogP contribution in [-0.2, 0) is 6.54 Å². The predicted octanol–water partition coefficient (Wildman–Crippen LogP) is 4.92. The molecule has 0 fully saturated rings. The molecule has 0 aliphatic carbocycles. The Kier molecular flexibility index (Phi) is 5.66. The van der Waals surface area contributed by atoms with Gasteiger partial charge in [0.15, 0.2) is 0 Å². The number of nitrogens with one attached hydrogen (secondary N) is 1. The Balaban J connectivity index is 2.49. The molecule has 0 radical (unpaired) electrons. The first kappa shape index (κ1) is 15.9. The highest BCUT2D eigenvalue weighted by Gasteiger charge is 2.16. The molecule has 0 spiro atoms. The van der Waals surface area contributed by atoms with E-state index in [-0.39, 0.29) is 0 Å². The highest BCUT2D eigenvalue weighted by molar-refractivity contribution is 6.33. The molecule has 21 heavy (non-hydrogen) atoms. The maximum Gasteiger partial charge on any atom is 0.0646 e. The molecular weight excluding hydrogens is 280 g/mol. The molecule has 0 unspecified atom stereocenters. The van der Waals surface area contributed by atoms with Crippen LogP contribution in [0.15, 0.2) is 42.5 Å². The van der Waals surface area contributed by atoms with Gasteiger partial charge in [-0.1, -0.05) is 48.9 Å². The molecule has 0 amide bonds. The molecule has 2 rings (SSSR count). The zero-order valence-electron chi connectivity index (χ0n) is 13.0. The molecule has 2 nitrogen and oxygen atoms in total. The van der Waals surface area contributed by atoms with Crippen molar-refractivity contribution in [1.82, 2.24) is 5.32 Å². The monoisotopic (exact) mass is 302 g/mol. The Morgan fingerprint density at radius 1 is 1.05 bits per heavy atom. The van der Waals surface area contributed by atoms with Gasteiger partial charge < -0.3 is 10.2 Å². The van der Waals surface area contributed by atoms with Gasteiger partial charge >= 0.3 is 0 Å². The third-order valence-electron chi connectivity index (χ3n) is 3.63. The third kappa shape index (κ3) is 3.58. The van der Waals surface area contributed by atoms with Crippen molar-refractivity contribution in [1.29, 1.82) is 0 Å². The molecule has 0 saturated carbocycles. The summed E-state index contributed by atoms with van der Waals surface area (Å²) in [6, 6.07) is 14.6. The lowest BCUT2D eigenvalue weighted by atomic mass is 10.1. The number of nitrogens with zero attached hydrogens (tertiary/aromatic N) is 1. The SMILES string of the molecule is CCNCc1cccc(Cl)c1N(CC)c1ccccc1C. The van der Waals surface area contributed by atoms with E-state index in [2.05, 4.69) is 61.3 Å². The van der Waals surface area contributed by atoms with E-state index >= 15 is 0 Å². The van der Waals surface area contributed by atoms with Crippen LogP contribution in [0.4, 0.5) is 11.4 Å². The number of para-hydroxylation sites is 2. The Morgan fingerprint density at radius 3 is 2.48 bits per heavy atom. The Labute approximate surface area is 132 Å². The lowest BCUT2D eigenvalue weighted by Crippen LogP contribution is -2.21. The molecule has 112 valence electrons. The lowest BCUT2D eigenvalue weighted by Gasteiger charge is -2.28. The average Bonchev–Trinajstić information content (AvgIpc) is 2.49. The first-order chi connectivity index (χ1) is 10.2. The third-order valence-corrected chi connectivity index (χ3v) is 3.93. The summed E-state index contributed by atoms with van der Waals surface area (Å²) in [5, 5.41) is 4.19. The van der Waals surface area contributed by atoms with Gasteiger partial charge in [0.05, 0.1) is 10.7 Å². The zero-order chi connectivity index (χ0) is 15.2. The van der Waals surface area contributed by atoms with Gasteiger partial charge in [0, 0.05) is 18.8 Å². The molecule has 0 aliphatic heterocycles. The van der Waals surface area contributed by atoms with Crippen molar-refractivity contribution < 1.29 is 0 Å². The van der Waals surface area contributed by atoms with Crippen molar-refractivity contribution in [3.05, 3.63) is 58.6 Å². The lowest BCUT2D eigenvalue weighted by molar-refractivity contribution is 0.725. The molecule has 0 aromatic heterocycles. The van der Waals surface area contributed by atoms with Crippen LogP contribution in [0.2, 0.25) is 5.02 Å². The van der Waals surface area contributed by atoms with Crippen molar-refractivity contribution in [3.63, 3.8) is 0 Å². The summed E-state index contributed by atoms with van der Waals surface area (Å²) in [6.07, 6.45) is 0. The smallest absolute Gasteiger partial charge is 0.0646 e. The second kappa shape index (κ2) is 7.48. The van der Waals surface area contributed by atoms with E-state index < -0.39 is 0 Å². The maximum atomic E-state index is 6.51. The number of hydrogen-bond donors (Lipinski definition) is 1. The number of aryl methyl sites for hydroxylation is 1. The fourth-order valence-corrected chi connectivity index (χ4v) is 2.88. The van der Waals surface area contributed by atoms with Gasteiger partial charge in [-0.05, 0) is 43.7 Å². The van der Waals surface area contributed by atoms with Gasteiger partial charge in [0.1, 0.15) is 0 Å². The van der Waals surface area contributed by atoms with E-state index in [0.717, 1.165) is 30.3 Å². The van der Waals surface area contributed by atoms with Crippen LogP contribution < -0.4 is 10.2 Å². The Bertz CT molecular complexity index is 596. The fraction of sp³-hybridized carbons (Fsp3) is 0.333. The van der Waals surface area contributed by atoms with E-state index in [4.69, 9.17) is 11.6 Å². The first-order valence-corrected chi connectivity index (χ1v) is 7.88. The molecular formula is C18H23ClN2. The average molecular weight is 303 g/mol. The van der Waals surface area contributed by atoms with Gasteiger partial charge in [-0.3, -0.25) is 0 Å². The summed E-state index contributed by atoms with van der Waals surface area (Å²) >= 11 is 6.51. The maximum absolute atomic E-state index is 6.51. The number of rotatable bonds is 6. The van der Waals surface area contributed by atoms with Gasteiger partial charge in [-0.15, -0.1) is 0 Å². The predicted molar refractivity (Wildman–Crippen MR) is 92.7 cm³/mol. The summed E-state index contributed by atoms with van der Waals surface area (Å²) in [5.41, 5.74) is 4.81. The van der Waals surface area contributed by atoms with Crippen molar-refractivity contribution in [3.8, 4) is 0 Å². The normalized spacial score (nSPS) is 10.7. The second-order valence-corrected chi connectivity index (χ2v) is 5.47. The van der Waals surface area contributed by atoms with Crippen molar-refractivity contribution in [2.75, 3.05) is 18.0 Å². The standard InChI is InChI=1S/C18H23ClN2/c1-4-20-13-15-10-8-11-16(19)18(15)21(5-2)17-12-7-6-9-14(17)3/h6-12,20H,4-5,13H2,1-3H3. The Hall–Kier alpha value is -1.51. The number of hydrogen-bond acceptors (Lipinski definition) is 2. The van der Waals surface area contributed by atoms with Crippen LogP contribution in [0, 0.1) is 6.92 Å². The number of benzene rings is 2. The van der Waals surface area contributed by atoms with Crippen LogP contribution >= 0.6 is 11.6 Å². The van der Waals surface area contributed by atoms with Crippen LogP contribution in [0.1, 0.15) is 25.0 Å². The number of anilines is 2. The summed E-state index contributed by atoms with van der Waals surface area (Å²) in [4.78, 5) is 2.30. The highest BCUT2D eigenvalue weighted by atomic mass is 35.5. The van der Waals surface area contributed by atoms with Crippen LogP contribution in [-0.4, -0.2) is 13.1 Å². The first-order valence-electron chi connectivity index (χ1n) is 7.50. The Morgan fingerprint density at radius 2 is 1.81 bits per heavy atom. The molecule has 2 aromatic rings. The summed E-state index contributed by atoms with van der Waals surface area (Å²) in [7, 11) is 0. The van der Waals surface area contributed by atoms with Gasteiger partial charge in [0.25, 0.3) is 0 Å². The largest absolute Gasteiger partial charge is 0.340 e. The minimum absolute atomic E-state index is 0.801. The topological polar surface area (TPSA) is 15.3 Å². The van der Waals surface area contributed by atoms with Crippen LogP contribution in [0.5, 0.6) is 0 Å². The van der Waals surface area contributed by atoms with E-state index in [1.165, 1.54) is 16.8 Å². The summed E-state index contributed by atoms with van der Waals surface area (Å²) in [5.74, 6) is 0.